The molecule has 11 aromatic rings. The number of aromatic nitrogens is 4. The molecular weight excluding hydrogens is 617 g/mol. The number of furan rings is 1. The Morgan fingerprint density at radius 2 is 1.18 bits per heavy atom. The van der Waals surface area contributed by atoms with E-state index in [0.717, 1.165) is 83.1 Å². The largest absolute Gasteiger partial charge is 0.456 e. The van der Waals surface area contributed by atoms with Gasteiger partial charge >= 0.3 is 0 Å². The molecule has 12 rings (SSSR count). The fourth-order valence-electron chi connectivity index (χ4n) is 8.21. The Morgan fingerprint density at radius 1 is 0.480 bits per heavy atom. The molecule has 0 saturated heterocycles. The second-order valence-corrected chi connectivity index (χ2v) is 13.0. The average Bonchev–Trinajstić information content (AvgIpc) is 3.82. The Balaban J connectivity index is 1.23. The normalized spacial score (nSPS) is 12.6. The van der Waals surface area contributed by atoms with Gasteiger partial charge in [0.25, 0.3) is 0 Å². The zero-order valence-electron chi connectivity index (χ0n) is 26.5. The first kappa shape index (κ1) is 26.1. The highest BCUT2D eigenvalue weighted by Crippen LogP contribution is 2.46. The van der Waals surface area contributed by atoms with Crippen molar-refractivity contribution >= 4 is 76.5 Å². The average molecular weight is 641 g/mol. The molecule has 0 aliphatic carbocycles. The molecule has 50 heavy (non-hydrogen) atoms. The third-order valence-electron chi connectivity index (χ3n) is 10.3. The molecule has 0 spiro atoms. The smallest absolute Gasteiger partial charge is 0.235 e. The molecule has 1 aliphatic heterocycles. The number of para-hydroxylation sites is 4. The van der Waals surface area contributed by atoms with Crippen LogP contribution in [-0.4, -0.2) is 19.1 Å². The fraction of sp³-hybridized carbons (Fsp3) is 0. The molecule has 7 aromatic carbocycles. The van der Waals surface area contributed by atoms with Crippen LogP contribution in [0, 0.1) is 0 Å². The highest BCUT2D eigenvalue weighted by molar-refractivity contribution is 6.22. The highest BCUT2D eigenvalue weighted by Gasteiger charge is 2.26. The van der Waals surface area contributed by atoms with Crippen molar-refractivity contribution in [3.8, 4) is 34.4 Å². The van der Waals surface area contributed by atoms with Crippen LogP contribution in [0.2, 0.25) is 0 Å². The topological polar surface area (TPSA) is 58.0 Å². The zero-order valence-corrected chi connectivity index (χ0v) is 26.5. The van der Waals surface area contributed by atoms with Gasteiger partial charge in [-0.2, -0.15) is 0 Å². The van der Waals surface area contributed by atoms with Gasteiger partial charge in [0.05, 0.1) is 33.1 Å². The van der Waals surface area contributed by atoms with E-state index in [1.54, 1.807) is 0 Å². The Morgan fingerprint density at radius 3 is 2.04 bits per heavy atom. The molecule has 0 N–H and O–H groups in total. The van der Waals surface area contributed by atoms with E-state index in [0.29, 0.717) is 5.95 Å². The first-order valence-electron chi connectivity index (χ1n) is 16.8. The third-order valence-corrected chi connectivity index (χ3v) is 10.3. The molecule has 5 heterocycles. The molecule has 0 amide bonds. The zero-order chi connectivity index (χ0) is 32.5. The summed E-state index contributed by atoms with van der Waals surface area (Å²) in [5.74, 6) is 2.13. The van der Waals surface area contributed by atoms with Gasteiger partial charge in [-0.25, -0.2) is 9.97 Å². The van der Waals surface area contributed by atoms with E-state index >= 15 is 0 Å². The number of benzene rings is 7. The van der Waals surface area contributed by atoms with Gasteiger partial charge in [0.15, 0.2) is 5.58 Å². The van der Waals surface area contributed by atoms with Crippen LogP contribution in [-0.2, 0) is 0 Å². The summed E-state index contributed by atoms with van der Waals surface area (Å²) >= 11 is 0. The van der Waals surface area contributed by atoms with E-state index in [-0.39, 0.29) is 0 Å². The molecule has 6 heteroatoms. The Hall–Kier alpha value is -6.92. The number of nitrogens with zero attached hydrogens (tertiary/aromatic N) is 4. The van der Waals surface area contributed by atoms with Crippen LogP contribution in [0.15, 0.2) is 150 Å². The first-order chi connectivity index (χ1) is 24.8. The molecule has 0 atom stereocenters. The molecular formula is C44H24N4O2. The van der Waals surface area contributed by atoms with Gasteiger partial charge in [-0.3, -0.25) is 4.57 Å². The number of hydrogen-bond donors (Lipinski definition) is 0. The standard InChI is InChI=1S/C44H24N4O2/c1-5-15-34-26(10-1)27-11-2-6-16-35(27)47(34)25-20-23-36-32(24-25)29-21-22-30-28-12-3-7-17-37(28)50-43(30)42(29)48(36)44-45-33-14-9-19-39-40(33)41(46-44)31-13-4-8-18-38(31)49-39/h1-24H. The van der Waals surface area contributed by atoms with Crippen LogP contribution in [0.3, 0.4) is 0 Å². The predicted molar refractivity (Wildman–Crippen MR) is 201 cm³/mol. The lowest BCUT2D eigenvalue weighted by molar-refractivity contribution is 0.486. The van der Waals surface area contributed by atoms with Crippen molar-refractivity contribution in [2.75, 3.05) is 0 Å². The summed E-state index contributed by atoms with van der Waals surface area (Å²) in [6, 6.07) is 50.7. The molecule has 1 aliphatic rings. The van der Waals surface area contributed by atoms with E-state index in [4.69, 9.17) is 19.1 Å². The highest BCUT2D eigenvalue weighted by atomic mass is 16.5. The van der Waals surface area contributed by atoms with E-state index < -0.39 is 0 Å². The second kappa shape index (κ2) is 9.36. The van der Waals surface area contributed by atoms with Crippen molar-refractivity contribution in [3.05, 3.63) is 146 Å². The van der Waals surface area contributed by atoms with Gasteiger partial charge in [0, 0.05) is 43.6 Å². The minimum atomic E-state index is 0.582. The second-order valence-electron chi connectivity index (χ2n) is 13.0. The molecule has 0 unspecified atom stereocenters. The SMILES string of the molecule is c1ccc2c(c1)Oc1cccc3nc(-n4c5ccc(-n6c7ccccc7c7ccccc76)cc5c5ccc6c7ccccc7oc6c54)nc-2c13. The quantitative estimate of drug-likeness (QED) is 0.189. The lowest BCUT2D eigenvalue weighted by atomic mass is 10.0. The van der Waals surface area contributed by atoms with Crippen LogP contribution in [0.5, 0.6) is 11.5 Å². The van der Waals surface area contributed by atoms with Crippen LogP contribution >= 0.6 is 0 Å². The molecule has 0 fully saturated rings. The molecule has 6 nitrogen and oxygen atoms in total. The van der Waals surface area contributed by atoms with Gasteiger partial charge in [-0.1, -0.05) is 78.9 Å². The van der Waals surface area contributed by atoms with Crippen molar-refractivity contribution in [2.45, 2.75) is 0 Å². The number of rotatable bonds is 2. The summed E-state index contributed by atoms with van der Waals surface area (Å²) in [5.41, 5.74) is 9.66. The van der Waals surface area contributed by atoms with E-state index in [1.807, 2.05) is 48.5 Å². The first-order valence-corrected chi connectivity index (χ1v) is 16.8. The van der Waals surface area contributed by atoms with Crippen molar-refractivity contribution in [3.63, 3.8) is 0 Å². The van der Waals surface area contributed by atoms with Gasteiger partial charge in [0.1, 0.15) is 22.6 Å². The van der Waals surface area contributed by atoms with E-state index in [2.05, 4.69) is 106 Å². The number of ether oxygens (including phenoxy) is 1. The monoisotopic (exact) mass is 640 g/mol. The summed E-state index contributed by atoms with van der Waals surface area (Å²) in [6.07, 6.45) is 0. The Kier molecular flexibility index (Phi) is 4.89. The fourth-order valence-corrected chi connectivity index (χ4v) is 8.21. The van der Waals surface area contributed by atoms with Crippen LogP contribution in [0.4, 0.5) is 0 Å². The maximum absolute atomic E-state index is 6.70. The van der Waals surface area contributed by atoms with E-state index in [9.17, 15) is 0 Å². The Labute approximate surface area is 284 Å². The molecule has 0 radical (unpaired) electrons. The molecule has 0 saturated carbocycles. The maximum Gasteiger partial charge on any atom is 0.235 e. The van der Waals surface area contributed by atoms with Gasteiger partial charge in [-0.05, 0) is 66.7 Å². The van der Waals surface area contributed by atoms with Crippen molar-refractivity contribution < 1.29 is 9.15 Å². The summed E-state index contributed by atoms with van der Waals surface area (Å²) in [7, 11) is 0. The lowest BCUT2D eigenvalue weighted by Crippen LogP contribution is -2.06. The van der Waals surface area contributed by atoms with Crippen molar-refractivity contribution in [1.82, 2.24) is 19.1 Å². The Bertz CT molecular complexity index is 3200. The summed E-state index contributed by atoms with van der Waals surface area (Å²) in [6.45, 7) is 0. The van der Waals surface area contributed by atoms with Crippen molar-refractivity contribution in [1.29, 1.82) is 0 Å². The summed E-state index contributed by atoms with van der Waals surface area (Å²) < 4.78 is 17.6. The lowest BCUT2D eigenvalue weighted by Gasteiger charge is -2.21. The summed E-state index contributed by atoms with van der Waals surface area (Å²) in [4.78, 5) is 10.6. The molecule has 0 bridgehead atoms. The minimum Gasteiger partial charge on any atom is -0.456 e. The van der Waals surface area contributed by atoms with Crippen molar-refractivity contribution in [2.24, 2.45) is 0 Å². The van der Waals surface area contributed by atoms with E-state index in [1.165, 1.54) is 21.8 Å². The van der Waals surface area contributed by atoms with Crippen LogP contribution < -0.4 is 4.74 Å². The van der Waals surface area contributed by atoms with Crippen LogP contribution in [0.1, 0.15) is 0 Å². The minimum absolute atomic E-state index is 0.582. The number of hydrogen-bond acceptors (Lipinski definition) is 4. The molecule has 4 aromatic heterocycles. The van der Waals surface area contributed by atoms with Gasteiger partial charge < -0.3 is 13.7 Å². The molecule has 232 valence electrons. The maximum atomic E-state index is 6.70. The van der Waals surface area contributed by atoms with Gasteiger partial charge in [0.2, 0.25) is 5.95 Å². The predicted octanol–water partition coefficient (Wildman–Crippen LogP) is 11.5. The number of fused-ring (bicyclic) bond motifs is 12. The third kappa shape index (κ3) is 3.32. The van der Waals surface area contributed by atoms with Gasteiger partial charge in [-0.15, -0.1) is 0 Å². The van der Waals surface area contributed by atoms with Crippen LogP contribution in [0.25, 0.3) is 99.3 Å². The summed E-state index contributed by atoms with van der Waals surface area (Å²) in [5, 5.41) is 7.69.